The van der Waals surface area contributed by atoms with E-state index in [0.29, 0.717) is 5.41 Å². The van der Waals surface area contributed by atoms with Crippen molar-refractivity contribution in [3.63, 3.8) is 0 Å². The van der Waals surface area contributed by atoms with E-state index in [1.165, 1.54) is 64.5 Å². The molecular weight excluding hydrogens is 248 g/mol. The standard InChI is InChI=1S/C17H32N2O/c1-19(11-15-5-2-3-6-15)13-17(9-4-10-20-14-17)12-18-16-7-8-16/h15-16,18H,2-14H2,1H3. The van der Waals surface area contributed by atoms with Gasteiger partial charge in [0.1, 0.15) is 0 Å². The van der Waals surface area contributed by atoms with Crippen LogP contribution in [-0.2, 0) is 4.74 Å². The molecule has 3 rings (SSSR count). The van der Waals surface area contributed by atoms with Gasteiger partial charge in [-0.1, -0.05) is 12.8 Å². The van der Waals surface area contributed by atoms with Gasteiger partial charge in [0.05, 0.1) is 6.61 Å². The Bertz CT molecular complexity index is 291. The Morgan fingerprint density at radius 1 is 1.15 bits per heavy atom. The van der Waals surface area contributed by atoms with Crippen LogP contribution in [0.15, 0.2) is 0 Å². The molecule has 1 aliphatic heterocycles. The van der Waals surface area contributed by atoms with Crippen molar-refractivity contribution in [3.8, 4) is 0 Å². The first-order chi connectivity index (χ1) is 9.76. The van der Waals surface area contributed by atoms with Gasteiger partial charge in [-0.15, -0.1) is 0 Å². The van der Waals surface area contributed by atoms with E-state index >= 15 is 0 Å². The van der Waals surface area contributed by atoms with E-state index in [-0.39, 0.29) is 0 Å². The zero-order valence-corrected chi connectivity index (χ0v) is 13.2. The van der Waals surface area contributed by atoms with Gasteiger partial charge >= 0.3 is 0 Å². The number of ether oxygens (including phenoxy) is 1. The third-order valence-corrected chi connectivity index (χ3v) is 5.40. The van der Waals surface area contributed by atoms with Gasteiger partial charge in [0.25, 0.3) is 0 Å². The van der Waals surface area contributed by atoms with Gasteiger partial charge in [0.15, 0.2) is 0 Å². The number of nitrogens with one attached hydrogen (secondary N) is 1. The summed E-state index contributed by atoms with van der Waals surface area (Å²) in [6, 6.07) is 0.814. The lowest BCUT2D eigenvalue weighted by Crippen LogP contribution is -2.49. The summed E-state index contributed by atoms with van der Waals surface area (Å²) in [6.07, 6.45) is 11.2. The molecule has 1 atom stereocenters. The van der Waals surface area contributed by atoms with Crippen LogP contribution >= 0.6 is 0 Å². The maximum atomic E-state index is 5.84. The molecule has 3 nitrogen and oxygen atoms in total. The molecule has 1 N–H and O–H groups in total. The molecule has 0 bridgehead atoms. The van der Waals surface area contributed by atoms with Gasteiger partial charge in [0.2, 0.25) is 0 Å². The fraction of sp³-hybridized carbons (Fsp3) is 1.00. The van der Waals surface area contributed by atoms with Crippen LogP contribution in [0.4, 0.5) is 0 Å². The highest BCUT2D eigenvalue weighted by Gasteiger charge is 2.36. The highest BCUT2D eigenvalue weighted by Crippen LogP contribution is 2.32. The average Bonchev–Trinajstić information content (AvgIpc) is 3.15. The topological polar surface area (TPSA) is 24.5 Å². The van der Waals surface area contributed by atoms with Crippen LogP contribution in [0.5, 0.6) is 0 Å². The molecule has 0 aromatic rings. The van der Waals surface area contributed by atoms with Crippen molar-refractivity contribution in [2.24, 2.45) is 11.3 Å². The predicted octanol–water partition coefficient (Wildman–Crippen LogP) is 2.66. The van der Waals surface area contributed by atoms with Crippen molar-refractivity contribution in [1.82, 2.24) is 10.2 Å². The van der Waals surface area contributed by atoms with Gasteiger partial charge < -0.3 is 15.0 Å². The van der Waals surface area contributed by atoms with E-state index < -0.39 is 0 Å². The molecule has 116 valence electrons. The quantitative estimate of drug-likeness (QED) is 0.776. The molecule has 0 spiro atoms. The molecule has 0 aromatic carbocycles. The summed E-state index contributed by atoms with van der Waals surface area (Å²) in [5.41, 5.74) is 0.369. The first-order valence-electron chi connectivity index (χ1n) is 8.75. The SMILES string of the molecule is CN(CC1CCCC1)CC1(CNC2CC2)CCCOC1. The minimum atomic E-state index is 0.369. The lowest BCUT2D eigenvalue weighted by molar-refractivity contribution is -0.0244. The summed E-state index contributed by atoms with van der Waals surface area (Å²) in [5, 5.41) is 3.76. The van der Waals surface area contributed by atoms with E-state index in [4.69, 9.17) is 4.74 Å². The zero-order chi connectivity index (χ0) is 13.8. The third-order valence-electron chi connectivity index (χ3n) is 5.40. The lowest BCUT2D eigenvalue weighted by atomic mass is 9.81. The van der Waals surface area contributed by atoms with Crippen LogP contribution in [0.2, 0.25) is 0 Å². The van der Waals surface area contributed by atoms with E-state index in [0.717, 1.165) is 31.7 Å². The number of hydrogen-bond acceptors (Lipinski definition) is 3. The molecule has 2 saturated carbocycles. The van der Waals surface area contributed by atoms with Crippen LogP contribution in [-0.4, -0.2) is 50.8 Å². The van der Waals surface area contributed by atoms with Crippen LogP contribution in [0, 0.1) is 11.3 Å². The maximum Gasteiger partial charge on any atom is 0.0546 e. The summed E-state index contributed by atoms with van der Waals surface area (Å²) in [4.78, 5) is 2.60. The number of nitrogens with zero attached hydrogens (tertiary/aromatic N) is 1. The third kappa shape index (κ3) is 4.19. The number of hydrogen-bond donors (Lipinski definition) is 1. The van der Waals surface area contributed by atoms with Crippen LogP contribution < -0.4 is 5.32 Å². The molecule has 0 amide bonds. The Kier molecular flexibility index (Phi) is 5.00. The summed E-state index contributed by atoms with van der Waals surface area (Å²) in [7, 11) is 2.33. The Morgan fingerprint density at radius 2 is 1.95 bits per heavy atom. The average molecular weight is 280 g/mol. The predicted molar refractivity (Wildman–Crippen MR) is 83.0 cm³/mol. The minimum Gasteiger partial charge on any atom is -0.381 e. The molecule has 0 aromatic heterocycles. The van der Waals surface area contributed by atoms with E-state index in [1.807, 2.05) is 0 Å². The monoisotopic (exact) mass is 280 g/mol. The minimum absolute atomic E-state index is 0.369. The van der Waals surface area contributed by atoms with Crippen molar-refractivity contribution in [2.45, 2.75) is 57.4 Å². The van der Waals surface area contributed by atoms with Gasteiger partial charge in [-0.05, 0) is 51.5 Å². The van der Waals surface area contributed by atoms with E-state index in [2.05, 4.69) is 17.3 Å². The molecule has 3 fully saturated rings. The largest absolute Gasteiger partial charge is 0.381 e. The van der Waals surface area contributed by atoms with Crippen molar-refractivity contribution in [2.75, 3.05) is 39.9 Å². The molecule has 0 radical (unpaired) electrons. The second-order valence-electron chi connectivity index (χ2n) is 7.66. The summed E-state index contributed by atoms with van der Waals surface area (Å²) >= 11 is 0. The number of rotatable bonds is 7. The van der Waals surface area contributed by atoms with Crippen molar-refractivity contribution in [3.05, 3.63) is 0 Å². The van der Waals surface area contributed by atoms with Crippen LogP contribution in [0.25, 0.3) is 0 Å². The Morgan fingerprint density at radius 3 is 2.60 bits per heavy atom. The molecule has 3 aliphatic rings. The summed E-state index contributed by atoms with van der Waals surface area (Å²) in [6.45, 7) is 5.60. The molecule has 1 heterocycles. The zero-order valence-electron chi connectivity index (χ0n) is 13.2. The molecular formula is C17H32N2O. The Balaban J connectivity index is 1.50. The van der Waals surface area contributed by atoms with Crippen molar-refractivity contribution < 1.29 is 4.74 Å². The Labute approximate surface area is 124 Å². The van der Waals surface area contributed by atoms with E-state index in [1.54, 1.807) is 0 Å². The lowest BCUT2D eigenvalue weighted by Gasteiger charge is -2.40. The Hall–Kier alpha value is -0.120. The van der Waals surface area contributed by atoms with Crippen LogP contribution in [0.1, 0.15) is 51.4 Å². The smallest absolute Gasteiger partial charge is 0.0546 e. The first-order valence-corrected chi connectivity index (χ1v) is 8.75. The second kappa shape index (κ2) is 6.76. The highest BCUT2D eigenvalue weighted by atomic mass is 16.5. The van der Waals surface area contributed by atoms with Gasteiger partial charge in [-0.2, -0.15) is 0 Å². The first kappa shape index (κ1) is 14.8. The van der Waals surface area contributed by atoms with Crippen molar-refractivity contribution in [1.29, 1.82) is 0 Å². The fourth-order valence-corrected chi connectivity index (χ4v) is 4.15. The van der Waals surface area contributed by atoms with Crippen LogP contribution in [0.3, 0.4) is 0 Å². The van der Waals surface area contributed by atoms with Crippen molar-refractivity contribution >= 4 is 0 Å². The molecule has 2 aliphatic carbocycles. The normalized spacial score (nSPS) is 32.1. The van der Waals surface area contributed by atoms with Gasteiger partial charge in [-0.25, -0.2) is 0 Å². The highest BCUT2D eigenvalue weighted by molar-refractivity contribution is 4.91. The molecule has 1 saturated heterocycles. The summed E-state index contributed by atoms with van der Waals surface area (Å²) < 4.78 is 5.84. The molecule has 1 unspecified atom stereocenters. The molecule has 3 heteroatoms. The second-order valence-corrected chi connectivity index (χ2v) is 7.66. The van der Waals surface area contributed by atoms with E-state index in [9.17, 15) is 0 Å². The van der Waals surface area contributed by atoms with Gasteiger partial charge in [-0.3, -0.25) is 0 Å². The molecule has 20 heavy (non-hydrogen) atoms. The van der Waals surface area contributed by atoms with Gasteiger partial charge in [0, 0.05) is 37.7 Å². The fourth-order valence-electron chi connectivity index (χ4n) is 4.15. The summed E-state index contributed by atoms with van der Waals surface area (Å²) in [5.74, 6) is 0.956. The maximum absolute atomic E-state index is 5.84.